The lowest BCUT2D eigenvalue weighted by molar-refractivity contribution is 0.0968. The number of hydrogen-bond acceptors (Lipinski definition) is 4. The molecule has 0 saturated heterocycles. The van der Waals surface area contributed by atoms with Gasteiger partial charge in [0.1, 0.15) is 17.2 Å². The molecule has 0 aliphatic rings. The Kier molecular flexibility index (Phi) is 6.24. The largest absolute Gasteiger partial charge is 0.379 e. The average Bonchev–Trinajstić information content (AvgIpc) is 2.84. The van der Waals surface area contributed by atoms with Gasteiger partial charge in [-0.25, -0.2) is 8.78 Å². The fourth-order valence-electron chi connectivity index (χ4n) is 3.46. The Morgan fingerprint density at radius 2 is 1.61 bits per heavy atom. The summed E-state index contributed by atoms with van der Waals surface area (Å²) < 4.78 is 26.7. The van der Waals surface area contributed by atoms with E-state index in [9.17, 15) is 18.7 Å². The normalized spacial score (nSPS) is 12.7. The Morgan fingerprint density at radius 1 is 0.939 bits per heavy atom. The average molecular weight is 445 g/mol. The Labute approximate surface area is 190 Å². The topological polar surface area (TPSA) is 66.3 Å². The van der Waals surface area contributed by atoms with Crippen molar-refractivity contribution in [3.63, 3.8) is 0 Å². The number of carbonyl (C=O) groups is 1. The van der Waals surface area contributed by atoms with Crippen LogP contribution in [0.5, 0.6) is 0 Å². The molecule has 4 rings (SSSR count). The predicted molar refractivity (Wildman–Crippen MR) is 120 cm³/mol. The van der Waals surface area contributed by atoms with E-state index in [1.165, 1.54) is 59.6 Å². The number of aromatic nitrogens is 2. The second-order valence-electron chi connectivity index (χ2n) is 7.74. The van der Waals surface area contributed by atoms with E-state index in [0.29, 0.717) is 28.1 Å². The lowest BCUT2D eigenvalue weighted by Crippen LogP contribution is -2.31. The molecule has 0 fully saturated rings. The van der Waals surface area contributed by atoms with Gasteiger partial charge in [0.05, 0.1) is 17.8 Å². The van der Waals surface area contributed by atoms with E-state index in [1.54, 1.807) is 43.6 Å². The highest BCUT2D eigenvalue weighted by Gasteiger charge is 2.27. The fraction of sp³-hybridized carbons (Fsp3) is 0.115. The Bertz CT molecular complexity index is 1230. The first-order valence-electron chi connectivity index (χ1n) is 10.3. The Balaban J connectivity index is 1.62. The third kappa shape index (κ3) is 4.94. The highest BCUT2D eigenvalue weighted by molar-refractivity contribution is 6.05. The molecule has 2 heterocycles. The highest BCUT2D eigenvalue weighted by Crippen LogP contribution is 2.28. The number of pyridine rings is 2. The number of rotatable bonds is 6. The predicted octanol–water partition coefficient (Wildman–Crippen LogP) is 4.86. The molecular weight excluding hydrogens is 424 g/mol. The number of benzene rings is 2. The van der Waals surface area contributed by atoms with Gasteiger partial charge in [0, 0.05) is 24.3 Å². The van der Waals surface area contributed by atoms with E-state index >= 15 is 0 Å². The van der Waals surface area contributed by atoms with E-state index in [4.69, 9.17) is 0 Å². The third-order valence-corrected chi connectivity index (χ3v) is 5.36. The minimum Gasteiger partial charge on any atom is -0.379 e. The summed E-state index contributed by atoms with van der Waals surface area (Å²) in [5.74, 6) is -1.09. The zero-order valence-corrected chi connectivity index (χ0v) is 17.8. The summed E-state index contributed by atoms with van der Waals surface area (Å²) in [5.41, 5.74) is 1.08. The molecule has 0 aliphatic carbocycles. The molecule has 0 spiro atoms. The van der Waals surface area contributed by atoms with Crippen LogP contribution in [0.15, 0.2) is 91.4 Å². The van der Waals surface area contributed by atoms with Crippen molar-refractivity contribution in [2.45, 2.75) is 19.1 Å². The van der Waals surface area contributed by atoms with Gasteiger partial charge in [-0.05, 0) is 72.6 Å². The lowest BCUT2D eigenvalue weighted by Gasteiger charge is -2.25. The van der Waals surface area contributed by atoms with Crippen molar-refractivity contribution in [1.82, 2.24) is 9.97 Å². The van der Waals surface area contributed by atoms with Crippen molar-refractivity contribution < 1.29 is 18.7 Å². The number of halogens is 2. The van der Waals surface area contributed by atoms with Crippen LogP contribution < -0.4 is 4.90 Å². The second kappa shape index (κ2) is 9.26. The summed E-state index contributed by atoms with van der Waals surface area (Å²) in [6, 6.07) is 18.0. The summed E-state index contributed by atoms with van der Waals surface area (Å²) in [7, 11) is 0. The van der Waals surface area contributed by atoms with E-state index in [0.717, 1.165) is 0 Å². The molecule has 0 saturated carbocycles. The van der Waals surface area contributed by atoms with Crippen molar-refractivity contribution in [3.05, 3.63) is 125 Å². The zero-order valence-electron chi connectivity index (χ0n) is 17.8. The minimum atomic E-state index is -1.42. The van der Waals surface area contributed by atoms with Gasteiger partial charge in [-0.3, -0.25) is 14.8 Å². The second-order valence-corrected chi connectivity index (χ2v) is 7.74. The molecule has 0 bridgehead atoms. The van der Waals surface area contributed by atoms with Crippen LogP contribution in [0.1, 0.15) is 34.1 Å². The maximum atomic E-state index is 13.5. The number of hydrogen-bond donors (Lipinski definition) is 1. The van der Waals surface area contributed by atoms with Gasteiger partial charge < -0.3 is 10.0 Å². The third-order valence-electron chi connectivity index (χ3n) is 5.36. The minimum absolute atomic E-state index is 0.172. The molecule has 2 aromatic heterocycles. The Morgan fingerprint density at radius 3 is 2.18 bits per heavy atom. The summed E-state index contributed by atoms with van der Waals surface area (Å²) in [6.45, 7) is 1.75. The summed E-state index contributed by atoms with van der Waals surface area (Å²) >= 11 is 0. The van der Waals surface area contributed by atoms with Gasteiger partial charge in [0.15, 0.2) is 0 Å². The first-order valence-corrected chi connectivity index (χ1v) is 10.3. The van der Waals surface area contributed by atoms with Crippen LogP contribution in [0.2, 0.25) is 0 Å². The van der Waals surface area contributed by atoms with Gasteiger partial charge in [0.2, 0.25) is 0 Å². The van der Waals surface area contributed by atoms with Crippen molar-refractivity contribution in [2.75, 3.05) is 4.90 Å². The lowest BCUT2D eigenvalue weighted by atomic mass is 9.92. The van der Waals surface area contributed by atoms with Crippen LogP contribution in [0, 0.1) is 11.6 Å². The summed E-state index contributed by atoms with van der Waals surface area (Å²) in [5, 5.41) is 11.0. The smallest absolute Gasteiger partial charge is 0.260 e. The van der Waals surface area contributed by atoms with Crippen LogP contribution in [-0.2, 0) is 12.1 Å². The molecule has 1 atom stereocenters. The molecule has 5 nitrogen and oxygen atoms in total. The fourth-order valence-corrected chi connectivity index (χ4v) is 3.46. The molecule has 1 amide bonds. The molecule has 33 heavy (non-hydrogen) atoms. The van der Waals surface area contributed by atoms with E-state index < -0.39 is 17.2 Å². The van der Waals surface area contributed by atoms with Crippen LogP contribution in [0.25, 0.3) is 0 Å². The molecule has 7 heteroatoms. The maximum absolute atomic E-state index is 13.5. The highest BCUT2D eigenvalue weighted by atomic mass is 19.1. The van der Waals surface area contributed by atoms with Crippen LogP contribution in [0.4, 0.5) is 14.5 Å². The van der Waals surface area contributed by atoms with Crippen molar-refractivity contribution in [3.8, 4) is 0 Å². The summed E-state index contributed by atoms with van der Waals surface area (Å²) in [6.07, 6.45) is 4.62. The number of aliphatic hydroxyl groups is 1. The summed E-state index contributed by atoms with van der Waals surface area (Å²) in [4.78, 5) is 23.1. The molecule has 1 N–H and O–H groups in total. The molecule has 2 aromatic carbocycles. The number of carbonyl (C=O) groups excluding carboxylic acids is 1. The first kappa shape index (κ1) is 22.2. The van der Waals surface area contributed by atoms with Crippen LogP contribution in [-0.4, -0.2) is 21.0 Å². The molecule has 0 aliphatic heterocycles. The van der Waals surface area contributed by atoms with Gasteiger partial charge in [-0.2, -0.15) is 0 Å². The van der Waals surface area contributed by atoms with Crippen LogP contribution >= 0.6 is 0 Å². The molecule has 166 valence electrons. The van der Waals surface area contributed by atoms with Gasteiger partial charge >= 0.3 is 0 Å². The zero-order chi connectivity index (χ0) is 23.4. The first-order chi connectivity index (χ1) is 15.8. The van der Waals surface area contributed by atoms with Crippen molar-refractivity contribution >= 4 is 11.6 Å². The van der Waals surface area contributed by atoms with Crippen molar-refractivity contribution in [1.29, 1.82) is 0 Å². The van der Waals surface area contributed by atoms with Gasteiger partial charge in [-0.1, -0.05) is 18.2 Å². The standard InChI is InChI=1S/C26H21F2N3O2/c1-26(33,20-5-7-21(27)8-6-20)24-13-4-18(15-30-24)17-31(23-11-9-22(28)10-12-23)25(32)19-3-2-14-29-16-19/h2-16,33H,17H2,1H3. The SMILES string of the molecule is CC(O)(c1ccc(F)cc1)c1ccc(CN(C(=O)c2cccnc2)c2ccc(F)cc2)cn1. The van der Waals surface area contributed by atoms with Crippen LogP contribution in [0.3, 0.4) is 0 Å². The number of nitrogens with zero attached hydrogens (tertiary/aromatic N) is 3. The van der Waals surface area contributed by atoms with E-state index in [1.807, 2.05) is 0 Å². The molecule has 4 aromatic rings. The van der Waals surface area contributed by atoms with E-state index in [-0.39, 0.29) is 12.5 Å². The number of anilines is 1. The van der Waals surface area contributed by atoms with Gasteiger partial charge in [0.25, 0.3) is 5.91 Å². The maximum Gasteiger partial charge on any atom is 0.260 e. The Hall–Kier alpha value is -3.97. The quantitative estimate of drug-likeness (QED) is 0.460. The van der Waals surface area contributed by atoms with E-state index in [2.05, 4.69) is 9.97 Å². The number of amides is 1. The molecule has 1 unspecified atom stereocenters. The molecular formula is C26H21F2N3O2. The van der Waals surface area contributed by atoms with Crippen molar-refractivity contribution in [2.24, 2.45) is 0 Å². The monoisotopic (exact) mass is 445 g/mol. The molecule has 0 radical (unpaired) electrons. The van der Waals surface area contributed by atoms with Gasteiger partial charge in [-0.15, -0.1) is 0 Å².